The van der Waals surface area contributed by atoms with E-state index in [1.54, 1.807) is 14.2 Å². The molecule has 1 unspecified atom stereocenters. The first-order valence-corrected chi connectivity index (χ1v) is 6.34. The Bertz CT molecular complexity index is 592. The molecule has 0 amide bonds. The number of hydrogen-bond donors (Lipinski definition) is 1. The molecule has 1 atom stereocenters. The van der Waals surface area contributed by atoms with Gasteiger partial charge in [-0.25, -0.2) is 0 Å². The normalized spacial score (nSPS) is 12.1. The van der Waals surface area contributed by atoms with E-state index in [2.05, 4.69) is 10.2 Å². The van der Waals surface area contributed by atoms with Gasteiger partial charge in [0.15, 0.2) is 0 Å². The highest BCUT2D eigenvalue weighted by atomic mass is 16.5. The molecule has 0 bridgehead atoms. The molecule has 1 heterocycles. The predicted octanol–water partition coefficient (Wildman–Crippen LogP) is 2.16. The van der Waals surface area contributed by atoms with E-state index < -0.39 is 0 Å². The average Bonchev–Trinajstić information content (AvgIpc) is 2.48. The van der Waals surface area contributed by atoms with E-state index in [4.69, 9.17) is 15.2 Å². The van der Waals surface area contributed by atoms with Crippen molar-refractivity contribution in [2.75, 3.05) is 14.2 Å². The highest BCUT2D eigenvalue weighted by molar-refractivity contribution is 5.43. The van der Waals surface area contributed by atoms with E-state index >= 15 is 0 Å². The lowest BCUT2D eigenvalue weighted by Gasteiger charge is -2.16. The van der Waals surface area contributed by atoms with Gasteiger partial charge in [-0.15, -0.1) is 0 Å². The Kier molecular flexibility index (Phi) is 4.20. The zero-order valence-electron chi connectivity index (χ0n) is 12.2. The second-order valence-electron chi connectivity index (χ2n) is 4.65. The van der Waals surface area contributed by atoms with E-state index in [-0.39, 0.29) is 6.04 Å². The lowest BCUT2D eigenvalue weighted by molar-refractivity contribution is 0.393. The second kappa shape index (κ2) is 5.88. The molecule has 5 heteroatoms. The molecule has 5 nitrogen and oxygen atoms in total. The summed E-state index contributed by atoms with van der Waals surface area (Å²) in [4.78, 5) is 0. The fourth-order valence-corrected chi connectivity index (χ4v) is 2.07. The summed E-state index contributed by atoms with van der Waals surface area (Å²) in [6, 6.07) is 7.29. The Morgan fingerprint density at radius 2 is 1.55 bits per heavy atom. The first-order valence-electron chi connectivity index (χ1n) is 6.34. The van der Waals surface area contributed by atoms with E-state index in [0.717, 1.165) is 22.5 Å². The van der Waals surface area contributed by atoms with Crippen molar-refractivity contribution in [1.82, 2.24) is 10.2 Å². The molecular weight excluding hydrogens is 254 g/mol. The molecule has 2 N–H and O–H groups in total. The number of benzene rings is 1. The first-order chi connectivity index (χ1) is 9.55. The molecule has 0 aliphatic rings. The van der Waals surface area contributed by atoms with Crippen LogP contribution in [0.1, 0.15) is 28.6 Å². The van der Waals surface area contributed by atoms with Crippen LogP contribution >= 0.6 is 0 Å². The van der Waals surface area contributed by atoms with Crippen molar-refractivity contribution in [1.29, 1.82) is 0 Å². The van der Waals surface area contributed by atoms with Gasteiger partial charge in [-0.2, -0.15) is 10.2 Å². The largest absolute Gasteiger partial charge is 0.497 e. The number of ether oxygens (including phenoxy) is 2. The minimum atomic E-state index is -0.298. The van der Waals surface area contributed by atoms with E-state index in [1.165, 1.54) is 0 Å². The Morgan fingerprint density at radius 1 is 0.950 bits per heavy atom. The molecule has 0 aliphatic carbocycles. The number of rotatable bonds is 4. The Balaban J connectivity index is 2.46. The summed E-state index contributed by atoms with van der Waals surface area (Å²) in [5, 5.41) is 8.15. The molecule has 1 aromatic heterocycles. The van der Waals surface area contributed by atoms with Crippen molar-refractivity contribution in [3.8, 4) is 11.5 Å². The third-order valence-electron chi connectivity index (χ3n) is 3.21. The fraction of sp³-hybridized carbons (Fsp3) is 0.333. The van der Waals surface area contributed by atoms with Crippen LogP contribution in [0, 0.1) is 13.8 Å². The minimum Gasteiger partial charge on any atom is -0.497 e. The van der Waals surface area contributed by atoms with Crippen LogP contribution < -0.4 is 15.2 Å². The zero-order valence-corrected chi connectivity index (χ0v) is 12.2. The number of aromatic nitrogens is 2. The molecule has 1 aromatic carbocycles. The van der Waals surface area contributed by atoms with Crippen molar-refractivity contribution in [2.45, 2.75) is 19.9 Å². The summed E-state index contributed by atoms with van der Waals surface area (Å²) in [5.74, 6) is 1.43. The van der Waals surface area contributed by atoms with Gasteiger partial charge in [0.1, 0.15) is 11.5 Å². The first kappa shape index (κ1) is 14.3. The summed E-state index contributed by atoms with van der Waals surface area (Å²) < 4.78 is 10.5. The van der Waals surface area contributed by atoms with Crippen molar-refractivity contribution in [2.24, 2.45) is 5.73 Å². The van der Waals surface area contributed by atoms with Crippen LogP contribution in [0.5, 0.6) is 11.5 Å². The predicted molar refractivity (Wildman–Crippen MR) is 77.1 cm³/mol. The SMILES string of the molecule is COc1cc(OC)cc(C(N)c2cc(C)nnc2C)c1. The summed E-state index contributed by atoms with van der Waals surface area (Å²) in [6.07, 6.45) is 0. The van der Waals surface area contributed by atoms with E-state index in [9.17, 15) is 0 Å². The minimum absolute atomic E-state index is 0.298. The molecule has 0 spiro atoms. The molecule has 0 saturated heterocycles. The number of methoxy groups -OCH3 is 2. The van der Waals surface area contributed by atoms with Crippen molar-refractivity contribution in [3.05, 3.63) is 46.8 Å². The third-order valence-corrected chi connectivity index (χ3v) is 3.21. The number of aryl methyl sites for hydroxylation is 2. The Morgan fingerprint density at radius 3 is 2.10 bits per heavy atom. The van der Waals surface area contributed by atoms with E-state index in [1.807, 2.05) is 38.1 Å². The second-order valence-corrected chi connectivity index (χ2v) is 4.65. The van der Waals surface area contributed by atoms with Gasteiger partial charge in [0.05, 0.1) is 31.6 Å². The Labute approximate surface area is 118 Å². The van der Waals surface area contributed by atoms with Gasteiger partial charge in [0, 0.05) is 6.07 Å². The van der Waals surface area contributed by atoms with Crippen LogP contribution in [-0.4, -0.2) is 24.4 Å². The van der Waals surface area contributed by atoms with Crippen LogP contribution in [-0.2, 0) is 0 Å². The zero-order chi connectivity index (χ0) is 14.7. The molecule has 0 radical (unpaired) electrons. The van der Waals surface area contributed by atoms with Gasteiger partial charge in [-0.05, 0) is 43.2 Å². The van der Waals surface area contributed by atoms with Crippen LogP contribution in [0.4, 0.5) is 0 Å². The fourth-order valence-electron chi connectivity index (χ4n) is 2.07. The maximum absolute atomic E-state index is 6.35. The molecule has 106 valence electrons. The van der Waals surface area contributed by atoms with Crippen LogP contribution in [0.2, 0.25) is 0 Å². The highest BCUT2D eigenvalue weighted by Crippen LogP contribution is 2.29. The smallest absolute Gasteiger partial charge is 0.122 e. The van der Waals surface area contributed by atoms with Gasteiger partial charge in [0.25, 0.3) is 0 Å². The molecule has 0 fully saturated rings. The van der Waals surface area contributed by atoms with Gasteiger partial charge in [0.2, 0.25) is 0 Å². The summed E-state index contributed by atoms with van der Waals surface area (Å²) >= 11 is 0. The standard InChI is InChI=1S/C15H19N3O2/c1-9-5-14(10(2)18-17-9)15(16)11-6-12(19-3)8-13(7-11)20-4/h5-8,15H,16H2,1-4H3. The molecule has 0 saturated carbocycles. The van der Waals surface area contributed by atoms with Gasteiger partial charge < -0.3 is 15.2 Å². The third kappa shape index (κ3) is 2.88. The highest BCUT2D eigenvalue weighted by Gasteiger charge is 2.15. The Hall–Kier alpha value is -2.14. The monoisotopic (exact) mass is 273 g/mol. The van der Waals surface area contributed by atoms with Gasteiger partial charge in [-0.1, -0.05) is 0 Å². The topological polar surface area (TPSA) is 70.3 Å². The quantitative estimate of drug-likeness (QED) is 0.924. The number of nitrogens with zero attached hydrogens (tertiary/aromatic N) is 2. The molecule has 2 aromatic rings. The molecular formula is C15H19N3O2. The lowest BCUT2D eigenvalue weighted by Crippen LogP contribution is -2.15. The maximum atomic E-state index is 6.35. The van der Waals surface area contributed by atoms with Crippen LogP contribution in [0.15, 0.2) is 24.3 Å². The molecule has 20 heavy (non-hydrogen) atoms. The summed E-state index contributed by atoms with van der Waals surface area (Å²) in [6.45, 7) is 3.80. The number of hydrogen-bond acceptors (Lipinski definition) is 5. The maximum Gasteiger partial charge on any atom is 0.122 e. The average molecular weight is 273 g/mol. The van der Waals surface area contributed by atoms with Crippen LogP contribution in [0.3, 0.4) is 0 Å². The van der Waals surface area contributed by atoms with Crippen molar-refractivity contribution >= 4 is 0 Å². The van der Waals surface area contributed by atoms with Crippen LogP contribution in [0.25, 0.3) is 0 Å². The molecule has 0 aliphatic heterocycles. The lowest BCUT2D eigenvalue weighted by atomic mass is 9.98. The molecule has 2 rings (SSSR count). The van der Waals surface area contributed by atoms with Gasteiger partial charge >= 0.3 is 0 Å². The summed E-state index contributed by atoms with van der Waals surface area (Å²) in [7, 11) is 3.24. The number of nitrogens with two attached hydrogens (primary N) is 1. The van der Waals surface area contributed by atoms with Crippen molar-refractivity contribution in [3.63, 3.8) is 0 Å². The van der Waals surface area contributed by atoms with Crippen molar-refractivity contribution < 1.29 is 9.47 Å². The summed E-state index contributed by atoms with van der Waals surface area (Å²) in [5.41, 5.74) is 9.89. The van der Waals surface area contributed by atoms with Gasteiger partial charge in [-0.3, -0.25) is 0 Å². The van der Waals surface area contributed by atoms with E-state index in [0.29, 0.717) is 11.5 Å².